The third-order valence-corrected chi connectivity index (χ3v) is 4.35. The van der Waals surface area contributed by atoms with Crippen LogP contribution in [0.3, 0.4) is 0 Å². The van der Waals surface area contributed by atoms with Crippen LogP contribution >= 0.6 is 46.1 Å². The van der Waals surface area contributed by atoms with Gasteiger partial charge in [0.15, 0.2) is 0 Å². The molecule has 3 N–H and O–H groups in total. The van der Waals surface area contributed by atoms with Crippen molar-refractivity contribution in [1.82, 2.24) is 0 Å². The molecule has 19 heavy (non-hydrogen) atoms. The van der Waals surface area contributed by atoms with Gasteiger partial charge in [-0.2, -0.15) is 0 Å². The van der Waals surface area contributed by atoms with Gasteiger partial charge < -0.3 is 11.1 Å². The molecule has 0 atom stereocenters. The van der Waals surface area contributed by atoms with Gasteiger partial charge in [0.05, 0.1) is 13.4 Å². The van der Waals surface area contributed by atoms with Gasteiger partial charge in [-0.05, 0) is 46.4 Å². The second-order valence-electron chi connectivity index (χ2n) is 3.93. The maximum atomic E-state index is 11.9. The monoisotopic (exact) mass is 402 g/mol. The zero-order valence-electron chi connectivity index (χ0n) is 9.85. The summed E-state index contributed by atoms with van der Waals surface area (Å²) in [5.74, 6) is -0.0961. The molecule has 0 spiro atoms. The Kier molecular flexibility index (Phi) is 4.89. The van der Waals surface area contributed by atoms with E-state index in [1.54, 1.807) is 11.3 Å². The molecule has 0 aliphatic carbocycles. The van der Waals surface area contributed by atoms with E-state index in [9.17, 15) is 4.79 Å². The van der Waals surface area contributed by atoms with Crippen LogP contribution in [0.1, 0.15) is 15.9 Å². The van der Waals surface area contributed by atoms with Gasteiger partial charge in [0, 0.05) is 17.5 Å². The van der Waals surface area contributed by atoms with Crippen LogP contribution in [0.15, 0.2) is 35.7 Å². The second kappa shape index (κ2) is 6.44. The number of nitrogens with two attached hydrogens (primary N) is 1. The van der Waals surface area contributed by atoms with Crippen molar-refractivity contribution in [3.63, 3.8) is 0 Å². The van der Waals surface area contributed by atoms with E-state index in [-0.39, 0.29) is 5.91 Å². The maximum absolute atomic E-state index is 11.9. The first-order chi connectivity index (χ1) is 9.04. The second-order valence-corrected chi connectivity index (χ2v) is 7.26. The Bertz CT molecular complexity index is 607. The fourth-order valence-electron chi connectivity index (χ4n) is 1.54. The Morgan fingerprint density at radius 1 is 1.37 bits per heavy atom. The van der Waals surface area contributed by atoms with E-state index in [1.165, 1.54) is 0 Å². The molecule has 0 aliphatic rings. The molecule has 2 rings (SSSR count). The van der Waals surface area contributed by atoms with Crippen molar-refractivity contribution in [3.05, 3.63) is 49.7 Å². The average Bonchev–Trinajstić information content (AvgIpc) is 2.78. The van der Waals surface area contributed by atoms with Crippen LogP contribution in [0.25, 0.3) is 0 Å². The van der Waals surface area contributed by atoms with Crippen molar-refractivity contribution in [2.45, 2.75) is 6.42 Å². The van der Waals surface area contributed by atoms with E-state index in [0.717, 1.165) is 14.1 Å². The van der Waals surface area contributed by atoms with E-state index < -0.39 is 0 Å². The lowest BCUT2D eigenvalue weighted by Gasteiger charge is -2.05. The van der Waals surface area contributed by atoms with Crippen molar-refractivity contribution >= 4 is 62.7 Å². The topological polar surface area (TPSA) is 55.1 Å². The molecule has 0 aliphatic heterocycles. The van der Waals surface area contributed by atoms with Gasteiger partial charge in [-0.3, -0.25) is 4.79 Å². The Hall–Kier alpha value is -0.990. The molecule has 0 radical (unpaired) electrons. The molecule has 98 valence electrons. The van der Waals surface area contributed by atoms with Gasteiger partial charge in [0.1, 0.15) is 0 Å². The lowest BCUT2D eigenvalue weighted by Crippen LogP contribution is -2.12. The van der Waals surface area contributed by atoms with Crippen LogP contribution in [0.4, 0.5) is 5.69 Å². The van der Waals surface area contributed by atoms with Crippen LogP contribution in [0.2, 0.25) is 0 Å². The van der Waals surface area contributed by atoms with Crippen LogP contribution in [-0.2, 0) is 6.42 Å². The fourth-order valence-corrected chi connectivity index (χ4v) is 3.03. The lowest BCUT2D eigenvalue weighted by atomic mass is 10.1. The number of hydrogen-bond donors (Lipinski definition) is 2. The predicted octanol–water partition coefficient (Wildman–Crippen LogP) is 3.43. The summed E-state index contributed by atoms with van der Waals surface area (Å²) in [7, 11) is 0. The van der Waals surface area contributed by atoms with E-state index >= 15 is 0 Å². The van der Waals surface area contributed by atoms with Crippen molar-refractivity contribution in [2.75, 3.05) is 5.32 Å². The molecule has 0 bridgehead atoms. The van der Waals surface area contributed by atoms with Gasteiger partial charge in [-0.1, -0.05) is 24.4 Å². The molecule has 0 saturated carbocycles. The molecule has 1 heterocycles. The Labute approximate surface area is 134 Å². The summed E-state index contributed by atoms with van der Waals surface area (Å²) < 4.78 is 1.09. The number of rotatable bonds is 4. The van der Waals surface area contributed by atoms with Gasteiger partial charge in [0.25, 0.3) is 5.91 Å². The summed E-state index contributed by atoms with van der Waals surface area (Å²) in [5.41, 5.74) is 7.97. The minimum Gasteiger partial charge on any atom is -0.393 e. The number of amides is 1. The van der Waals surface area contributed by atoms with Crippen molar-refractivity contribution < 1.29 is 4.79 Å². The highest BCUT2D eigenvalue weighted by molar-refractivity contribution is 14.1. The number of hydrogen-bond acceptors (Lipinski definition) is 3. The van der Waals surface area contributed by atoms with Crippen molar-refractivity contribution in [2.24, 2.45) is 5.73 Å². The summed E-state index contributed by atoms with van der Waals surface area (Å²) in [5, 5.41) is 4.70. The van der Waals surface area contributed by atoms with E-state index in [4.69, 9.17) is 18.0 Å². The van der Waals surface area contributed by atoms with Crippen molar-refractivity contribution in [3.8, 4) is 0 Å². The van der Waals surface area contributed by atoms with Gasteiger partial charge >= 0.3 is 0 Å². The number of halogens is 1. The first-order valence-corrected chi connectivity index (χ1v) is 7.84. The zero-order chi connectivity index (χ0) is 13.8. The quantitative estimate of drug-likeness (QED) is 0.609. The number of benzene rings is 1. The molecule has 0 saturated heterocycles. The first-order valence-electron chi connectivity index (χ1n) is 5.47. The Balaban J connectivity index is 2.03. The summed E-state index contributed by atoms with van der Waals surface area (Å²) >= 11 is 8.60. The van der Waals surface area contributed by atoms with E-state index in [0.29, 0.717) is 17.0 Å². The lowest BCUT2D eigenvalue weighted by molar-refractivity contribution is 0.102. The normalized spacial score (nSPS) is 10.2. The van der Waals surface area contributed by atoms with Crippen molar-refractivity contribution in [1.29, 1.82) is 0 Å². The number of nitrogens with one attached hydrogen (secondary N) is 1. The number of anilines is 1. The Morgan fingerprint density at radius 2 is 2.05 bits per heavy atom. The third kappa shape index (κ3) is 4.26. The number of carbonyl (C=O) groups is 1. The zero-order valence-corrected chi connectivity index (χ0v) is 13.6. The summed E-state index contributed by atoms with van der Waals surface area (Å²) in [4.78, 5) is 12.4. The van der Waals surface area contributed by atoms with Crippen LogP contribution in [0, 0.1) is 2.88 Å². The minimum atomic E-state index is -0.0961. The average molecular weight is 402 g/mol. The van der Waals surface area contributed by atoms with Crippen LogP contribution in [-0.4, -0.2) is 10.9 Å². The standard InChI is InChI=1S/C13H11IN2OS2/c14-11-6-9(7-19-11)13(17)16-10-3-1-8(2-4-10)5-12(15)18/h1-4,6-7H,5H2,(H2,15,18)(H,16,17). The van der Waals surface area contributed by atoms with E-state index in [1.807, 2.05) is 35.7 Å². The molecule has 1 aromatic heterocycles. The predicted molar refractivity (Wildman–Crippen MR) is 91.9 cm³/mol. The molecule has 1 aromatic carbocycles. The highest BCUT2D eigenvalue weighted by Crippen LogP contribution is 2.18. The van der Waals surface area contributed by atoms with Crippen LogP contribution in [0.5, 0.6) is 0 Å². The smallest absolute Gasteiger partial charge is 0.256 e. The summed E-state index contributed by atoms with van der Waals surface area (Å²) in [6, 6.07) is 9.38. The third-order valence-electron chi connectivity index (χ3n) is 2.42. The summed E-state index contributed by atoms with van der Waals surface area (Å²) in [6.07, 6.45) is 0.576. The highest BCUT2D eigenvalue weighted by atomic mass is 127. The minimum absolute atomic E-state index is 0.0961. The first kappa shape index (κ1) is 14.4. The molecule has 0 fully saturated rings. The number of thiocarbonyl (C=S) groups is 1. The van der Waals surface area contributed by atoms with Gasteiger partial charge in [-0.15, -0.1) is 11.3 Å². The molecule has 2 aromatic rings. The molecule has 0 unspecified atom stereocenters. The molecular formula is C13H11IN2OS2. The number of thiophene rings is 1. The molecule has 3 nitrogen and oxygen atoms in total. The fraction of sp³-hybridized carbons (Fsp3) is 0.0769. The molecule has 1 amide bonds. The molecular weight excluding hydrogens is 391 g/mol. The number of carbonyl (C=O) groups excluding carboxylic acids is 1. The maximum Gasteiger partial charge on any atom is 0.256 e. The SMILES string of the molecule is NC(=S)Cc1ccc(NC(=O)c2csc(I)c2)cc1. The molecule has 6 heteroatoms. The largest absolute Gasteiger partial charge is 0.393 e. The summed E-state index contributed by atoms with van der Waals surface area (Å²) in [6.45, 7) is 0. The van der Waals surface area contributed by atoms with Crippen LogP contribution < -0.4 is 11.1 Å². The van der Waals surface area contributed by atoms with Gasteiger partial charge in [-0.25, -0.2) is 0 Å². The highest BCUT2D eigenvalue weighted by Gasteiger charge is 2.08. The van der Waals surface area contributed by atoms with Gasteiger partial charge in [0.2, 0.25) is 0 Å². The Morgan fingerprint density at radius 3 is 2.58 bits per heavy atom. The van der Waals surface area contributed by atoms with E-state index in [2.05, 4.69) is 27.9 Å².